The van der Waals surface area contributed by atoms with Crippen LogP contribution in [0.1, 0.15) is 45.3 Å². The maximum atomic E-state index is 9.92. The lowest BCUT2D eigenvalue weighted by atomic mass is 10.1. The minimum Gasteiger partial charge on any atom is -0.508 e. The van der Waals surface area contributed by atoms with Crippen LogP contribution in [-0.4, -0.2) is 33.3 Å². The van der Waals surface area contributed by atoms with E-state index >= 15 is 0 Å². The molecule has 38 heavy (non-hydrogen) atoms. The maximum Gasteiger partial charge on any atom is 0.268 e. The van der Waals surface area contributed by atoms with Gasteiger partial charge in [-0.05, 0) is 49.9 Å². The third-order valence-corrected chi connectivity index (χ3v) is 8.42. The molecule has 2 aromatic carbocycles. The molecule has 0 fully saturated rings. The highest BCUT2D eigenvalue weighted by atomic mass is 79.9. The number of nitrogens with one attached hydrogen (secondary N) is 4. The van der Waals surface area contributed by atoms with E-state index in [1.807, 2.05) is 50.5 Å². The summed E-state index contributed by atoms with van der Waals surface area (Å²) in [5.41, 5.74) is 3.56. The Kier molecular flexibility index (Phi) is 9.74. The number of anilines is 2. The van der Waals surface area contributed by atoms with E-state index in [1.165, 1.54) is 0 Å². The first-order chi connectivity index (χ1) is 18.3. The summed E-state index contributed by atoms with van der Waals surface area (Å²) in [6.07, 6.45) is 9.93. The molecule has 0 radical (unpaired) electrons. The Morgan fingerprint density at radius 3 is 1.55 bits per heavy atom. The standard InChI is InChI=1S/C28H34Br2N6O2/c1-19-3-5-21(17-25(19)37)31-9-13-35-15-11-33-27(35)23(29)7-8-24(30)28-34-12-16-36(28)14-10-32-22-6-4-20(2)26(38)18-22/h3-6,11-12,15-18,23-24,31-32,37-38H,7-10,13-14H2,1-2H3/p+2. The normalized spacial score (nSPS) is 12.8. The van der Waals surface area contributed by atoms with Gasteiger partial charge in [-0.25, -0.2) is 19.1 Å². The molecule has 0 aliphatic carbocycles. The largest absolute Gasteiger partial charge is 0.508 e. The third-order valence-electron chi connectivity index (χ3n) is 6.64. The minimum atomic E-state index is 0.181. The lowest BCUT2D eigenvalue weighted by Crippen LogP contribution is -2.40. The first-order valence-electron chi connectivity index (χ1n) is 12.8. The topological polar surface area (TPSA) is 104 Å². The van der Waals surface area contributed by atoms with E-state index in [-0.39, 0.29) is 9.65 Å². The van der Waals surface area contributed by atoms with Crippen LogP contribution in [0.25, 0.3) is 0 Å². The SMILES string of the molecule is Cc1ccc(NCC[n+]2cc[nH]c2C(Br)CCC(Br)c2[nH]cc[n+]2CCNc2ccc(C)c(O)c2)cc1O. The number of aromatic hydroxyl groups is 2. The zero-order valence-electron chi connectivity index (χ0n) is 21.7. The monoisotopic (exact) mass is 646 g/mol. The molecule has 10 heteroatoms. The highest BCUT2D eigenvalue weighted by Crippen LogP contribution is 2.32. The second-order valence-corrected chi connectivity index (χ2v) is 11.7. The molecular formula is C28H36Br2N6O2+2. The van der Waals surface area contributed by atoms with Crippen LogP contribution < -0.4 is 19.8 Å². The smallest absolute Gasteiger partial charge is 0.268 e. The Labute approximate surface area is 240 Å². The van der Waals surface area contributed by atoms with Crippen molar-refractivity contribution < 1.29 is 19.3 Å². The molecule has 0 spiro atoms. The maximum absolute atomic E-state index is 9.92. The van der Waals surface area contributed by atoms with Crippen LogP contribution in [0.4, 0.5) is 11.4 Å². The number of phenols is 2. The molecule has 2 heterocycles. The molecule has 0 saturated carbocycles. The Balaban J connectivity index is 1.25. The minimum absolute atomic E-state index is 0.181. The van der Waals surface area contributed by atoms with Gasteiger partial charge in [-0.3, -0.25) is 0 Å². The van der Waals surface area contributed by atoms with Crippen molar-refractivity contribution in [3.05, 3.63) is 84.0 Å². The number of aryl methyl sites for hydroxylation is 2. The molecule has 0 bridgehead atoms. The Hall–Kier alpha value is -2.98. The van der Waals surface area contributed by atoms with Crippen LogP contribution in [0, 0.1) is 13.8 Å². The van der Waals surface area contributed by atoms with Gasteiger partial charge in [-0.15, -0.1) is 0 Å². The number of alkyl halides is 2. The van der Waals surface area contributed by atoms with Gasteiger partial charge >= 0.3 is 0 Å². The summed E-state index contributed by atoms with van der Waals surface area (Å²) in [4.78, 5) is 7.13. The summed E-state index contributed by atoms with van der Waals surface area (Å²) in [5, 5.41) is 26.6. The second kappa shape index (κ2) is 13.2. The molecule has 2 aromatic heterocycles. The molecule has 0 amide bonds. The first-order valence-corrected chi connectivity index (χ1v) is 14.6. The lowest BCUT2D eigenvalue weighted by Gasteiger charge is -2.12. The zero-order chi connectivity index (χ0) is 27.1. The molecule has 8 nitrogen and oxygen atoms in total. The number of nitrogens with zero attached hydrogens (tertiary/aromatic N) is 2. The van der Waals surface area contributed by atoms with Crippen LogP contribution in [0.5, 0.6) is 11.5 Å². The molecular weight excluding hydrogens is 612 g/mol. The molecule has 202 valence electrons. The van der Waals surface area contributed by atoms with Crippen LogP contribution in [0.15, 0.2) is 61.2 Å². The molecule has 2 atom stereocenters. The number of phenolic OH excluding ortho intramolecular Hbond substituents is 2. The summed E-state index contributed by atoms with van der Waals surface area (Å²) in [5.74, 6) is 2.87. The number of benzene rings is 2. The number of imidazole rings is 2. The van der Waals surface area contributed by atoms with Crippen LogP contribution in [-0.2, 0) is 13.1 Å². The van der Waals surface area contributed by atoms with Gasteiger partial charge in [-0.2, -0.15) is 0 Å². The summed E-state index contributed by atoms with van der Waals surface area (Å²) in [6, 6.07) is 11.3. The van der Waals surface area contributed by atoms with Gasteiger partial charge in [0.15, 0.2) is 0 Å². The van der Waals surface area contributed by atoms with Gasteiger partial charge in [0, 0.05) is 23.5 Å². The third kappa shape index (κ3) is 7.32. The Morgan fingerprint density at radius 1 is 0.737 bits per heavy atom. The average molecular weight is 648 g/mol. The van der Waals surface area contributed by atoms with E-state index in [1.54, 1.807) is 12.1 Å². The number of H-pyrrole nitrogens is 2. The van der Waals surface area contributed by atoms with E-state index in [2.05, 4.69) is 74.0 Å². The molecule has 4 rings (SSSR count). The van der Waals surface area contributed by atoms with Crippen molar-refractivity contribution in [3.63, 3.8) is 0 Å². The van der Waals surface area contributed by atoms with Gasteiger partial charge in [0.25, 0.3) is 11.6 Å². The quantitative estimate of drug-likeness (QED) is 0.0849. The van der Waals surface area contributed by atoms with E-state index in [9.17, 15) is 10.2 Å². The zero-order valence-corrected chi connectivity index (χ0v) is 24.9. The van der Waals surface area contributed by atoms with Crippen molar-refractivity contribution in [3.8, 4) is 11.5 Å². The number of aromatic nitrogens is 4. The number of hydrogen-bond acceptors (Lipinski definition) is 4. The second-order valence-electron chi connectivity index (χ2n) is 9.45. The number of hydrogen-bond donors (Lipinski definition) is 6. The Bertz CT molecular complexity index is 1240. The van der Waals surface area contributed by atoms with Crippen molar-refractivity contribution in [2.75, 3.05) is 23.7 Å². The van der Waals surface area contributed by atoms with Crippen molar-refractivity contribution in [2.45, 2.75) is 49.4 Å². The summed E-state index contributed by atoms with van der Waals surface area (Å²) >= 11 is 7.77. The highest BCUT2D eigenvalue weighted by molar-refractivity contribution is 9.09. The fraction of sp³-hybridized carbons (Fsp3) is 0.357. The predicted octanol–water partition coefficient (Wildman–Crippen LogP) is 5.52. The van der Waals surface area contributed by atoms with E-state index < -0.39 is 0 Å². The number of rotatable bonds is 13. The van der Waals surface area contributed by atoms with Crippen LogP contribution in [0.3, 0.4) is 0 Å². The van der Waals surface area contributed by atoms with E-state index in [4.69, 9.17) is 0 Å². The van der Waals surface area contributed by atoms with Gasteiger partial charge < -0.3 is 20.8 Å². The van der Waals surface area contributed by atoms with Gasteiger partial charge in [-0.1, -0.05) is 44.0 Å². The predicted molar refractivity (Wildman–Crippen MR) is 157 cm³/mol. The molecule has 0 aliphatic rings. The summed E-state index contributed by atoms with van der Waals surface area (Å²) in [7, 11) is 0. The average Bonchev–Trinajstić information content (AvgIpc) is 3.56. The van der Waals surface area contributed by atoms with Gasteiger partial charge in [0.1, 0.15) is 59.0 Å². The number of aromatic amines is 2. The van der Waals surface area contributed by atoms with Crippen LogP contribution >= 0.6 is 31.9 Å². The molecule has 0 saturated heterocycles. The van der Waals surface area contributed by atoms with Gasteiger partial charge in [0.2, 0.25) is 0 Å². The van der Waals surface area contributed by atoms with Crippen molar-refractivity contribution in [2.24, 2.45) is 0 Å². The molecule has 6 N–H and O–H groups in total. The fourth-order valence-electron chi connectivity index (χ4n) is 4.33. The highest BCUT2D eigenvalue weighted by Gasteiger charge is 2.25. The first kappa shape index (κ1) is 28.0. The van der Waals surface area contributed by atoms with Gasteiger partial charge in [0.05, 0.1) is 13.1 Å². The van der Waals surface area contributed by atoms with Crippen molar-refractivity contribution >= 4 is 43.2 Å². The van der Waals surface area contributed by atoms with Crippen molar-refractivity contribution in [1.82, 2.24) is 9.97 Å². The van der Waals surface area contributed by atoms with Crippen molar-refractivity contribution in [1.29, 1.82) is 0 Å². The molecule has 0 aliphatic heterocycles. The molecule has 2 unspecified atom stereocenters. The van der Waals surface area contributed by atoms with E-state index in [0.717, 1.165) is 73.2 Å². The summed E-state index contributed by atoms with van der Waals surface area (Å²) < 4.78 is 4.43. The fourth-order valence-corrected chi connectivity index (χ4v) is 5.65. The summed E-state index contributed by atoms with van der Waals surface area (Å²) in [6.45, 7) is 6.88. The lowest BCUT2D eigenvalue weighted by molar-refractivity contribution is -0.700. The van der Waals surface area contributed by atoms with Crippen LogP contribution in [0.2, 0.25) is 0 Å². The van der Waals surface area contributed by atoms with E-state index in [0.29, 0.717) is 11.5 Å². The molecule has 4 aromatic rings. The number of halogens is 2. The Morgan fingerprint density at radius 2 is 1.16 bits per heavy atom.